The van der Waals surface area contributed by atoms with Crippen LogP contribution in [-0.4, -0.2) is 41.4 Å². The number of rotatable bonds is 7. The molecule has 0 radical (unpaired) electrons. The fourth-order valence-corrected chi connectivity index (χ4v) is 2.27. The Bertz CT molecular complexity index is 920. The Labute approximate surface area is 156 Å². The lowest BCUT2D eigenvalue weighted by Crippen LogP contribution is -2.19. The van der Waals surface area contributed by atoms with Gasteiger partial charge in [0.1, 0.15) is 12.4 Å². The highest BCUT2D eigenvalue weighted by atomic mass is 16.5. The number of nitrogens with zero attached hydrogens (tertiary/aromatic N) is 4. The third-order valence-corrected chi connectivity index (χ3v) is 3.71. The van der Waals surface area contributed by atoms with Crippen LogP contribution < -0.4 is 14.8 Å². The molecule has 0 aliphatic heterocycles. The van der Waals surface area contributed by atoms with Crippen LogP contribution in [0.15, 0.2) is 59.7 Å². The van der Waals surface area contributed by atoms with Gasteiger partial charge in [-0.15, -0.1) is 5.10 Å². The van der Waals surface area contributed by atoms with Gasteiger partial charge in [-0.3, -0.25) is 4.79 Å². The van der Waals surface area contributed by atoms with Crippen molar-refractivity contribution in [1.82, 2.24) is 20.4 Å². The smallest absolute Gasteiger partial charge is 0.277 e. The zero-order valence-electron chi connectivity index (χ0n) is 15.0. The summed E-state index contributed by atoms with van der Waals surface area (Å²) in [5.74, 6) is 0.522. The van der Waals surface area contributed by atoms with Gasteiger partial charge in [0.2, 0.25) is 5.69 Å². The molecule has 1 N–H and O–H groups in total. The molecule has 0 spiro atoms. The largest absolute Gasteiger partial charge is 0.497 e. The molecule has 8 heteroatoms. The number of hydrogen-bond acceptors (Lipinski definition) is 6. The van der Waals surface area contributed by atoms with Crippen molar-refractivity contribution < 1.29 is 14.3 Å². The van der Waals surface area contributed by atoms with E-state index in [-0.39, 0.29) is 18.2 Å². The predicted octanol–water partition coefficient (Wildman–Crippen LogP) is 2.11. The second-order valence-corrected chi connectivity index (χ2v) is 5.50. The summed E-state index contributed by atoms with van der Waals surface area (Å²) in [6.07, 6.45) is 1.59. The number of hydrogen-bond donors (Lipinski definition) is 1. The highest BCUT2D eigenvalue weighted by Crippen LogP contribution is 2.18. The first-order valence-corrected chi connectivity index (χ1v) is 8.24. The lowest BCUT2D eigenvalue weighted by atomic mass is 10.2. The van der Waals surface area contributed by atoms with Crippen LogP contribution in [0.1, 0.15) is 21.6 Å². The molecule has 0 atom stereocenters. The summed E-state index contributed by atoms with van der Waals surface area (Å²) in [7, 11) is 3.12. The number of ether oxygens (including phenoxy) is 2. The van der Waals surface area contributed by atoms with Gasteiger partial charge in [0, 0.05) is 7.05 Å². The first-order valence-electron chi connectivity index (χ1n) is 8.24. The van der Waals surface area contributed by atoms with Gasteiger partial charge >= 0.3 is 0 Å². The lowest BCUT2D eigenvalue weighted by molar-refractivity contribution is 0.0953. The van der Waals surface area contributed by atoms with E-state index < -0.39 is 5.91 Å². The number of aromatic nitrogens is 3. The second kappa shape index (κ2) is 8.61. The SMILES string of the molecule is CNC(=O)c1nnn(N=Cc2ccc(OC)cc2)c1OCc1ccccc1. The molecule has 0 aliphatic carbocycles. The van der Waals surface area contributed by atoms with E-state index in [4.69, 9.17) is 9.47 Å². The Morgan fingerprint density at radius 1 is 1.19 bits per heavy atom. The zero-order chi connectivity index (χ0) is 19.1. The Hall–Kier alpha value is -3.68. The van der Waals surface area contributed by atoms with Crippen LogP contribution in [0.25, 0.3) is 0 Å². The van der Waals surface area contributed by atoms with Gasteiger partial charge in [0.05, 0.1) is 13.3 Å². The summed E-state index contributed by atoms with van der Waals surface area (Å²) < 4.78 is 10.9. The summed E-state index contributed by atoms with van der Waals surface area (Å²) in [5, 5.41) is 14.6. The summed E-state index contributed by atoms with van der Waals surface area (Å²) in [6.45, 7) is 0.260. The Kier molecular flexibility index (Phi) is 5.78. The summed E-state index contributed by atoms with van der Waals surface area (Å²) in [5.41, 5.74) is 1.86. The van der Waals surface area contributed by atoms with Crippen LogP contribution in [-0.2, 0) is 6.61 Å². The van der Waals surface area contributed by atoms with Gasteiger partial charge in [-0.1, -0.05) is 35.1 Å². The molecule has 27 heavy (non-hydrogen) atoms. The molecule has 0 saturated carbocycles. The number of nitrogens with one attached hydrogen (secondary N) is 1. The van der Waals surface area contributed by atoms with E-state index >= 15 is 0 Å². The highest BCUT2D eigenvalue weighted by Gasteiger charge is 2.20. The van der Waals surface area contributed by atoms with Crippen LogP contribution in [0, 0.1) is 0 Å². The fraction of sp³-hybridized carbons (Fsp3) is 0.158. The van der Waals surface area contributed by atoms with Crippen molar-refractivity contribution in [2.75, 3.05) is 14.2 Å². The van der Waals surface area contributed by atoms with Crippen molar-refractivity contribution in [1.29, 1.82) is 0 Å². The first kappa shape index (κ1) is 18.1. The minimum atomic E-state index is -0.399. The molecule has 1 heterocycles. The van der Waals surface area contributed by atoms with E-state index in [9.17, 15) is 4.79 Å². The van der Waals surface area contributed by atoms with E-state index in [1.165, 1.54) is 11.8 Å². The second-order valence-electron chi connectivity index (χ2n) is 5.50. The third-order valence-electron chi connectivity index (χ3n) is 3.71. The van der Waals surface area contributed by atoms with E-state index in [0.717, 1.165) is 16.9 Å². The summed E-state index contributed by atoms with van der Waals surface area (Å²) >= 11 is 0. The normalized spacial score (nSPS) is 10.7. The third kappa shape index (κ3) is 4.49. The van der Waals surface area contributed by atoms with E-state index in [1.54, 1.807) is 13.3 Å². The molecule has 0 saturated heterocycles. The minimum absolute atomic E-state index is 0.0697. The molecule has 0 aliphatic rings. The van der Waals surface area contributed by atoms with E-state index in [1.807, 2.05) is 54.6 Å². The summed E-state index contributed by atoms with van der Waals surface area (Å²) in [6, 6.07) is 16.9. The Morgan fingerprint density at radius 2 is 1.93 bits per heavy atom. The number of benzene rings is 2. The van der Waals surface area contributed by atoms with Crippen molar-refractivity contribution >= 4 is 12.1 Å². The fourth-order valence-electron chi connectivity index (χ4n) is 2.27. The maximum absolute atomic E-state index is 12.0. The molecule has 3 aromatic rings. The molecule has 0 fully saturated rings. The molecule has 0 unspecified atom stereocenters. The van der Waals surface area contributed by atoms with E-state index in [2.05, 4.69) is 20.7 Å². The molecular weight excluding hydrogens is 346 g/mol. The van der Waals surface area contributed by atoms with Gasteiger partial charge in [0.25, 0.3) is 11.8 Å². The van der Waals surface area contributed by atoms with Crippen LogP contribution in [0.2, 0.25) is 0 Å². The van der Waals surface area contributed by atoms with Crippen LogP contribution in [0.3, 0.4) is 0 Å². The summed E-state index contributed by atoms with van der Waals surface area (Å²) in [4.78, 5) is 13.2. The minimum Gasteiger partial charge on any atom is -0.497 e. The molecule has 8 nitrogen and oxygen atoms in total. The quantitative estimate of drug-likeness (QED) is 0.648. The maximum Gasteiger partial charge on any atom is 0.277 e. The average molecular weight is 365 g/mol. The standard InChI is InChI=1S/C19H19N5O3/c1-20-18(25)17-19(27-13-15-6-4-3-5-7-15)24(23-22-17)21-12-14-8-10-16(26-2)11-9-14/h3-12H,13H2,1-2H3,(H,20,25). The van der Waals surface area contributed by atoms with Crippen LogP contribution in [0.4, 0.5) is 0 Å². The first-order chi connectivity index (χ1) is 13.2. The van der Waals surface area contributed by atoms with Gasteiger partial charge in [0.15, 0.2) is 0 Å². The Morgan fingerprint density at radius 3 is 2.59 bits per heavy atom. The molecule has 138 valence electrons. The topological polar surface area (TPSA) is 90.6 Å². The number of carbonyl (C=O) groups is 1. The van der Waals surface area contributed by atoms with Crippen molar-refractivity contribution in [3.05, 3.63) is 71.4 Å². The zero-order valence-corrected chi connectivity index (χ0v) is 15.0. The van der Waals surface area contributed by atoms with Crippen molar-refractivity contribution in [2.45, 2.75) is 6.61 Å². The Balaban J connectivity index is 1.83. The average Bonchev–Trinajstić information content (AvgIpc) is 3.14. The monoisotopic (exact) mass is 365 g/mol. The predicted molar refractivity (Wildman–Crippen MR) is 100 cm³/mol. The molecule has 3 rings (SSSR count). The van der Waals surface area contributed by atoms with Gasteiger partial charge in [-0.2, -0.15) is 5.10 Å². The van der Waals surface area contributed by atoms with Crippen LogP contribution >= 0.6 is 0 Å². The molecule has 0 bridgehead atoms. The number of amides is 1. The van der Waals surface area contributed by atoms with Crippen molar-refractivity contribution in [2.24, 2.45) is 5.10 Å². The maximum atomic E-state index is 12.0. The van der Waals surface area contributed by atoms with Gasteiger partial charge < -0.3 is 14.8 Å². The van der Waals surface area contributed by atoms with Crippen LogP contribution in [0.5, 0.6) is 11.6 Å². The van der Waals surface area contributed by atoms with Gasteiger partial charge in [-0.25, -0.2) is 0 Å². The van der Waals surface area contributed by atoms with Gasteiger partial charge in [-0.05, 0) is 40.6 Å². The molecule has 1 amide bonds. The van der Waals surface area contributed by atoms with Crippen molar-refractivity contribution in [3.63, 3.8) is 0 Å². The van der Waals surface area contributed by atoms with Crippen molar-refractivity contribution in [3.8, 4) is 11.6 Å². The number of methoxy groups -OCH3 is 1. The molecule has 1 aromatic heterocycles. The van der Waals surface area contributed by atoms with E-state index in [0.29, 0.717) is 0 Å². The molecular formula is C19H19N5O3. The lowest BCUT2D eigenvalue weighted by Gasteiger charge is -2.07. The molecule has 2 aromatic carbocycles. The number of carbonyl (C=O) groups excluding carboxylic acids is 1. The highest BCUT2D eigenvalue weighted by molar-refractivity contribution is 5.94.